The number of carbonyl (C=O) groups excluding carboxylic acids is 2. The fourth-order valence-electron chi connectivity index (χ4n) is 3.21. The molecule has 2 amide bonds. The minimum absolute atomic E-state index is 0.117. The first-order valence-corrected chi connectivity index (χ1v) is 8.41. The van der Waals surface area contributed by atoms with Crippen LogP contribution in [-0.4, -0.2) is 63.6 Å². The Bertz CT molecular complexity index is 743. The average Bonchev–Trinajstić information content (AvgIpc) is 3.06. The summed E-state index contributed by atoms with van der Waals surface area (Å²) in [5.74, 6) is -0.510. The Morgan fingerprint density at radius 3 is 2.60 bits per heavy atom. The fourth-order valence-corrected chi connectivity index (χ4v) is 3.21. The maximum atomic E-state index is 12.6. The van der Waals surface area contributed by atoms with E-state index in [4.69, 9.17) is 5.73 Å². The summed E-state index contributed by atoms with van der Waals surface area (Å²) in [4.78, 5) is 28.3. The number of benzene rings is 1. The molecule has 1 aliphatic heterocycles. The van der Waals surface area contributed by atoms with E-state index in [2.05, 4.69) is 22.1 Å². The van der Waals surface area contributed by atoms with E-state index >= 15 is 0 Å². The highest BCUT2D eigenvalue weighted by Gasteiger charge is 2.33. The Morgan fingerprint density at radius 1 is 1.20 bits per heavy atom. The van der Waals surface area contributed by atoms with Gasteiger partial charge < -0.3 is 10.6 Å². The molecule has 3 rings (SSSR count). The molecule has 2 aromatic rings. The maximum Gasteiger partial charge on any atom is 0.272 e. The Kier molecular flexibility index (Phi) is 5.14. The molecule has 25 heavy (non-hydrogen) atoms. The number of amides is 2. The molecule has 2 heterocycles. The van der Waals surface area contributed by atoms with Gasteiger partial charge in [-0.05, 0) is 18.1 Å². The third-order valence-corrected chi connectivity index (χ3v) is 4.68. The zero-order chi connectivity index (χ0) is 17.8. The maximum absolute atomic E-state index is 12.6. The summed E-state index contributed by atoms with van der Waals surface area (Å²) in [7, 11) is 1.73. The standard InChI is InChI=1S/C18H23N5O2/c1-21-15(7-9-20-21)18(25)23-12-11-22(16(13-23)17(19)24)10-8-14-5-3-2-4-6-14/h2-7,9,16H,8,10-13H2,1H3,(H2,19,24)/t16-/m1/s1. The van der Waals surface area contributed by atoms with E-state index < -0.39 is 11.9 Å². The van der Waals surface area contributed by atoms with Crippen LogP contribution in [0.4, 0.5) is 0 Å². The lowest BCUT2D eigenvalue weighted by molar-refractivity contribution is -0.125. The number of nitrogens with two attached hydrogens (primary N) is 1. The molecule has 0 radical (unpaired) electrons. The predicted molar refractivity (Wildman–Crippen MR) is 93.8 cm³/mol. The van der Waals surface area contributed by atoms with Crippen molar-refractivity contribution in [3.8, 4) is 0 Å². The van der Waals surface area contributed by atoms with Gasteiger partial charge in [0.05, 0.1) is 0 Å². The summed E-state index contributed by atoms with van der Waals surface area (Å²) >= 11 is 0. The second-order valence-corrected chi connectivity index (χ2v) is 6.28. The third kappa shape index (κ3) is 3.88. The summed E-state index contributed by atoms with van der Waals surface area (Å²) in [5, 5.41) is 4.03. The smallest absolute Gasteiger partial charge is 0.272 e. The summed E-state index contributed by atoms with van der Waals surface area (Å²) < 4.78 is 1.55. The van der Waals surface area contributed by atoms with Crippen molar-refractivity contribution in [1.29, 1.82) is 0 Å². The lowest BCUT2D eigenvalue weighted by Gasteiger charge is -2.39. The van der Waals surface area contributed by atoms with Gasteiger partial charge in [-0.3, -0.25) is 19.2 Å². The second kappa shape index (κ2) is 7.48. The monoisotopic (exact) mass is 341 g/mol. The molecule has 1 saturated heterocycles. The highest BCUT2D eigenvalue weighted by molar-refractivity contribution is 5.93. The van der Waals surface area contributed by atoms with Crippen molar-refractivity contribution in [2.24, 2.45) is 12.8 Å². The van der Waals surface area contributed by atoms with Crippen molar-refractivity contribution in [3.63, 3.8) is 0 Å². The molecule has 0 saturated carbocycles. The number of nitrogens with zero attached hydrogens (tertiary/aromatic N) is 4. The first-order chi connectivity index (χ1) is 12.1. The first-order valence-electron chi connectivity index (χ1n) is 8.41. The second-order valence-electron chi connectivity index (χ2n) is 6.28. The van der Waals surface area contributed by atoms with Gasteiger partial charge in [0.2, 0.25) is 5.91 Å². The predicted octanol–water partition coefficient (Wildman–Crippen LogP) is 0.275. The number of hydrogen-bond donors (Lipinski definition) is 1. The number of aromatic nitrogens is 2. The van der Waals surface area contributed by atoms with Crippen molar-refractivity contribution >= 4 is 11.8 Å². The number of hydrogen-bond acceptors (Lipinski definition) is 4. The molecule has 2 N–H and O–H groups in total. The molecule has 1 aromatic heterocycles. The van der Waals surface area contributed by atoms with E-state index in [9.17, 15) is 9.59 Å². The number of primary amides is 1. The normalized spacial score (nSPS) is 18.3. The van der Waals surface area contributed by atoms with Crippen LogP contribution in [0.15, 0.2) is 42.6 Å². The van der Waals surface area contributed by atoms with Crippen LogP contribution in [0.5, 0.6) is 0 Å². The van der Waals surface area contributed by atoms with E-state index in [0.717, 1.165) is 13.0 Å². The van der Waals surface area contributed by atoms with Gasteiger partial charge in [-0.1, -0.05) is 30.3 Å². The molecule has 1 fully saturated rings. The van der Waals surface area contributed by atoms with Gasteiger partial charge in [0.1, 0.15) is 11.7 Å². The summed E-state index contributed by atoms with van der Waals surface area (Å²) in [6.45, 7) is 2.26. The van der Waals surface area contributed by atoms with Crippen LogP contribution in [0.2, 0.25) is 0 Å². The van der Waals surface area contributed by atoms with Crippen molar-refractivity contribution in [2.75, 3.05) is 26.2 Å². The highest BCUT2D eigenvalue weighted by Crippen LogP contribution is 2.14. The van der Waals surface area contributed by atoms with Crippen molar-refractivity contribution in [2.45, 2.75) is 12.5 Å². The SMILES string of the molecule is Cn1nccc1C(=O)N1CCN(CCc2ccccc2)[C@@H](C(N)=O)C1. The van der Waals surface area contributed by atoms with Gasteiger partial charge >= 0.3 is 0 Å². The first kappa shape index (κ1) is 17.2. The molecule has 1 aromatic carbocycles. The Balaban J connectivity index is 1.65. The fraction of sp³-hybridized carbons (Fsp3) is 0.389. The lowest BCUT2D eigenvalue weighted by Crippen LogP contribution is -2.59. The summed E-state index contributed by atoms with van der Waals surface area (Å²) in [5.41, 5.74) is 7.34. The Hall–Kier alpha value is -2.67. The summed E-state index contributed by atoms with van der Waals surface area (Å²) in [6, 6.07) is 11.4. The van der Waals surface area contributed by atoms with Gasteiger partial charge in [0, 0.05) is 39.4 Å². The van der Waals surface area contributed by atoms with Crippen LogP contribution >= 0.6 is 0 Å². The van der Waals surface area contributed by atoms with Crippen molar-refractivity contribution in [3.05, 3.63) is 53.9 Å². The number of piperazine rings is 1. The minimum Gasteiger partial charge on any atom is -0.368 e. The van der Waals surface area contributed by atoms with Gasteiger partial charge in [0.25, 0.3) is 5.91 Å². The van der Waals surface area contributed by atoms with E-state index in [-0.39, 0.29) is 5.91 Å². The molecule has 0 aliphatic carbocycles. The topological polar surface area (TPSA) is 84.5 Å². The van der Waals surface area contributed by atoms with Crippen LogP contribution in [0.25, 0.3) is 0 Å². The molecular weight excluding hydrogens is 318 g/mol. The highest BCUT2D eigenvalue weighted by atomic mass is 16.2. The van der Waals surface area contributed by atoms with Crippen LogP contribution < -0.4 is 5.73 Å². The van der Waals surface area contributed by atoms with E-state index in [1.165, 1.54) is 5.56 Å². The largest absolute Gasteiger partial charge is 0.368 e. The Labute approximate surface area is 147 Å². The number of carbonyl (C=O) groups is 2. The van der Waals surface area contributed by atoms with Crippen LogP contribution in [0.1, 0.15) is 16.1 Å². The van der Waals surface area contributed by atoms with E-state index in [0.29, 0.717) is 25.3 Å². The molecule has 0 spiro atoms. The zero-order valence-corrected chi connectivity index (χ0v) is 14.3. The van der Waals surface area contributed by atoms with Crippen LogP contribution in [-0.2, 0) is 18.3 Å². The quantitative estimate of drug-likeness (QED) is 0.846. The lowest BCUT2D eigenvalue weighted by atomic mass is 10.1. The molecule has 1 aliphatic rings. The molecule has 132 valence electrons. The minimum atomic E-state index is -0.463. The molecule has 1 atom stereocenters. The Morgan fingerprint density at radius 2 is 1.96 bits per heavy atom. The van der Waals surface area contributed by atoms with Gasteiger partial charge in [0.15, 0.2) is 0 Å². The van der Waals surface area contributed by atoms with Crippen LogP contribution in [0.3, 0.4) is 0 Å². The third-order valence-electron chi connectivity index (χ3n) is 4.68. The number of aryl methyl sites for hydroxylation is 1. The van der Waals surface area contributed by atoms with Gasteiger partial charge in [-0.15, -0.1) is 0 Å². The molecule has 0 unspecified atom stereocenters. The molecular formula is C18H23N5O2. The average molecular weight is 341 g/mol. The van der Waals surface area contributed by atoms with Crippen LogP contribution in [0, 0.1) is 0 Å². The number of rotatable bonds is 5. The zero-order valence-electron chi connectivity index (χ0n) is 14.3. The molecule has 7 heteroatoms. The van der Waals surface area contributed by atoms with E-state index in [1.807, 2.05) is 18.2 Å². The molecule has 7 nitrogen and oxygen atoms in total. The van der Waals surface area contributed by atoms with Crippen molar-refractivity contribution < 1.29 is 9.59 Å². The van der Waals surface area contributed by atoms with E-state index in [1.54, 1.807) is 28.9 Å². The van der Waals surface area contributed by atoms with Gasteiger partial charge in [-0.25, -0.2) is 0 Å². The van der Waals surface area contributed by atoms with Crippen molar-refractivity contribution in [1.82, 2.24) is 19.6 Å². The molecule has 0 bridgehead atoms. The summed E-state index contributed by atoms with van der Waals surface area (Å²) in [6.07, 6.45) is 2.44. The van der Waals surface area contributed by atoms with Gasteiger partial charge in [-0.2, -0.15) is 5.10 Å².